The van der Waals surface area contributed by atoms with Crippen molar-refractivity contribution < 1.29 is 14.3 Å². The maximum atomic E-state index is 14.9. The summed E-state index contributed by atoms with van der Waals surface area (Å²) in [6.45, 7) is 1.66. The van der Waals surface area contributed by atoms with Crippen LogP contribution in [0.5, 0.6) is 0 Å². The number of aromatic amines is 1. The number of anilines is 1. The quantitative estimate of drug-likeness (QED) is 0.281. The number of fused-ring (bicyclic) bond motifs is 1. The Labute approximate surface area is 189 Å². The van der Waals surface area contributed by atoms with Crippen LogP contribution in [0.1, 0.15) is 58.6 Å². The smallest absolute Gasteiger partial charge is 0.224 e. The third-order valence-corrected chi connectivity index (χ3v) is 5.75. The number of pyridine rings is 2. The minimum atomic E-state index is -0.829. The van der Waals surface area contributed by atoms with Gasteiger partial charge in [-0.05, 0) is 43.5 Å². The van der Waals surface area contributed by atoms with Gasteiger partial charge in [-0.3, -0.25) is 9.78 Å². The van der Waals surface area contributed by atoms with Crippen molar-refractivity contribution in [2.75, 3.05) is 11.9 Å². The van der Waals surface area contributed by atoms with Crippen LogP contribution < -0.4 is 5.32 Å². The number of rotatable bonds is 8. The molecule has 0 bridgehead atoms. The summed E-state index contributed by atoms with van der Waals surface area (Å²) in [5.74, 6) is -0.386. The molecular formula is C24H23FN6O2. The topological polar surface area (TPSA) is 117 Å². The van der Waals surface area contributed by atoms with Gasteiger partial charge in [-0.1, -0.05) is 6.07 Å². The molecule has 0 unspecified atom stereocenters. The average molecular weight is 446 g/mol. The van der Waals surface area contributed by atoms with E-state index in [1.165, 1.54) is 31.4 Å². The molecule has 5 rings (SSSR count). The molecule has 4 heterocycles. The molecule has 168 valence electrons. The Morgan fingerprint density at radius 3 is 2.76 bits per heavy atom. The molecule has 0 radical (unpaired) electrons. The maximum absolute atomic E-state index is 14.9. The number of carbonyl (C=O) groups is 1. The van der Waals surface area contributed by atoms with Gasteiger partial charge in [0, 0.05) is 42.2 Å². The average Bonchev–Trinajstić information content (AvgIpc) is 3.58. The summed E-state index contributed by atoms with van der Waals surface area (Å²) in [5, 5.41) is 12.8. The van der Waals surface area contributed by atoms with Gasteiger partial charge in [0.15, 0.2) is 5.78 Å². The van der Waals surface area contributed by atoms with Gasteiger partial charge in [0.2, 0.25) is 5.95 Å². The Balaban J connectivity index is 1.40. The number of ketones is 1. The van der Waals surface area contributed by atoms with E-state index in [0.717, 1.165) is 11.3 Å². The van der Waals surface area contributed by atoms with Crippen LogP contribution in [0, 0.1) is 5.95 Å². The number of nitrogens with zero attached hydrogens (tertiary/aromatic N) is 4. The summed E-state index contributed by atoms with van der Waals surface area (Å²) >= 11 is 0. The van der Waals surface area contributed by atoms with E-state index in [0.29, 0.717) is 34.9 Å². The van der Waals surface area contributed by atoms with Crippen molar-refractivity contribution in [1.82, 2.24) is 24.9 Å². The third kappa shape index (κ3) is 4.31. The minimum Gasteiger partial charge on any atom is -0.394 e. The van der Waals surface area contributed by atoms with Crippen LogP contribution in [0.25, 0.3) is 11.0 Å². The van der Waals surface area contributed by atoms with E-state index in [2.05, 4.69) is 30.2 Å². The zero-order valence-electron chi connectivity index (χ0n) is 18.0. The number of hydrogen-bond donors (Lipinski definition) is 3. The van der Waals surface area contributed by atoms with Crippen LogP contribution >= 0.6 is 0 Å². The van der Waals surface area contributed by atoms with Gasteiger partial charge in [-0.2, -0.15) is 4.39 Å². The molecule has 0 amide bonds. The van der Waals surface area contributed by atoms with Gasteiger partial charge in [-0.15, -0.1) is 0 Å². The molecule has 0 saturated heterocycles. The SMILES string of the molecule is C[C@H](CO)Nc1ncnc2[nH]cc(C(=O)c3ccc(Cc4ccc(C5CC5)nc4)nc3F)c12. The number of nitrogens with one attached hydrogen (secondary N) is 2. The number of aliphatic hydroxyl groups excluding tert-OH is 1. The fraction of sp³-hybridized carbons (Fsp3) is 0.292. The molecule has 9 heteroatoms. The van der Waals surface area contributed by atoms with Gasteiger partial charge in [0.1, 0.15) is 17.8 Å². The first kappa shape index (κ1) is 21.1. The normalized spacial score (nSPS) is 14.4. The van der Waals surface area contributed by atoms with Crippen molar-refractivity contribution in [3.63, 3.8) is 0 Å². The van der Waals surface area contributed by atoms with E-state index < -0.39 is 11.7 Å². The zero-order chi connectivity index (χ0) is 22.9. The maximum Gasteiger partial charge on any atom is 0.224 e. The Bertz CT molecular complexity index is 1320. The second-order valence-corrected chi connectivity index (χ2v) is 8.39. The highest BCUT2D eigenvalue weighted by atomic mass is 19.1. The number of aromatic nitrogens is 5. The monoisotopic (exact) mass is 446 g/mol. The molecule has 1 aliphatic rings. The molecule has 1 fully saturated rings. The lowest BCUT2D eigenvalue weighted by molar-refractivity contribution is 0.103. The standard InChI is InChI=1S/C24H23FN6O2/c1-13(11-32)30-24-20-18(10-27-23(20)28-12-29-24)21(33)17-6-5-16(31-22(17)25)8-14-2-7-19(26-9-14)15-3-4-15/h2,5-7,9-10,12-13,15,32H,3-4,8,11H2,1H3,(H2,27,28,29,30)/t13-/m1/s1. The third-order valence-electron chi connectivity index (χ3n) is 5.75. The molecule has 0 aromatic carbocycles. The summed E-state index contributed by atoms with van der Waals surface area (Å²) < 4.78 is 14.9. The van der Waals surface area contributed by atoms with Crippen molar-refractivity contribution in [3.05, 3.63) is 77.0 Å². The van der Waals surface area contributed by atoms with Crippen molar-refractivity contribution in [2.24, 2.45) is 0 Å². The van der Waals surface area contributed by atoms with Crippen LogP contribution in [0.3, 0.4) is 0 Å². The van der Waals surface area contributed by atoms with Crippen LogP contribution in [-0.4, -0.2) is 48.5 Å². The fourth-order valence-electron chi connectivity index (χ4n) is 3.79. The van der Waals surface area contributed by atoms with Crippen LogP contribution in [0.2, 0.25) is 0 Å². The molecule has 4 aromatic rings. The lowest BCUT2D eigenvalue weighted by Gasteiger charge is -2.12. The van der Waals surface area contributed by atoms with Crippen molar-refractivity contribution in [3.8, 4) is 0 Å². The molecule has 0 aliphatic heterocycles. The Kier molecular flexibility index (Phi) is 5.55. The van der Waals surface area contributed by atoms with E-state index in [1.807, 2.05) is 12.1 Å². The van der Waals surface area contributed by atoms with Crippen LogP contribution in [-0.2, 0) is 6.42 Å². The van der Waals surface area contributed by atoms with Gasteiger partial charge >= 0.3 is 0 Å². The lowest BCUT2D eigenvalue weighted by atomic mass is 10.0. The molecule has 33 heavy (non-hydrogen) atoms. The molecule has 4 aromatic heterocycles. The number of H-pyrrole nitrogens is 1. The summed E-state index contributed by atoms with van der Waals surface area (Å²) in [6, 6.07) is 6.84. The molecule has 8 nitrogen and oxygen atoms in total. The van der Waals surface area contributed by atoms with E-state index in [1.54, 1.807) is 19.2 Å². The van der Waals surface area contributed by atoms with E-state index in [-0.39, 0.29) is 23.8 Å². The van der Waals surface area contributed by atoms with Gasteiger partial charge in [0.05, 0.1) is 23.1 Å². The summed E-state index contributed by atoms with van der Waals surface area (Å²) in [7, 11) is 0. The van der Waals surface area contributed by atoms with Crippen molar-refractivity contribution in [1.29, 1.82) is 0 Å². The Morgan fingerprint density at radius 1 is 1.21 bits per heavy atom. The predicted octanol–water partition coefficient (Wildman–Crippen LogP) is 3.38. The van der Waals surface area contributed by atoms with Gasteiger partial charge in [0.25, 0.3) is 0 Å². The molecule has 1 aliphatic carbocycles. The van der Waals surface area contributed by atoms with Crippen LogP contribution in [0.15, 0.2) is 43.0 Å². The Morgan fingerprint density at radius 2 is 2.06 bits per heavy atom. The van der Waals surface area contributed by atoms with E-state index in [9.17, 15) is 14.3 Å². The number of halogens is 1. The molecule has 1 atom stereocenters. The highest BCUT2D eigenvalue weighted by Crippen LogP contribution is 2.38. The molecular weight excluding hydrogens is 423 g/mol. The summed E-state index contributed by atoms with van der Waals surface area (Å²) in [5.41, 5.74) is 3.09. The van der Waals surface area contributed by atoms with Gasteiger partial charge in [-0.25, -0.2) is 15.0 Å². The lowest BCUT2D eigenvalue weighted by Crippen LogP contribution is -2.20. The fourth-order valence-corrected chi connectivity index (χ4v) is 3.79. The molecule has 1 saturated carbocycles. The van der Waals surface area contributed by atoms with Crippen molar-refractivity contribution >= 4 is 22.6 Å². The first-order chi connectivity index (χ1) is 16.0. The molecule has 0 spiro atoms. The van der Waals surface area contributed by atoms with Gasteiger partial charge < -0.3 is 15.4 Å². The second-order valence-electron chi connectivity index (χ2n) is 8.39. The first-order valence-corrected chi connectivity index (χ1v) is 10.9. The minimum absolute atomic E-state index is 0.113. The highest BCUT2D eigenvalue weighted by Gasteiger charge is 2.25. The zero-order valence-corrected chi connectivity index (χ0v) is 18.0. The second kappa shape index (κ2) is 8.67. The first-order valence-electron chi connectivity index (χ1n) is 10.9. The summed E-state index contributed by atoms with van der Waals surface area (Å²) in [4.78, 5) is 33.0. The molecule has 3 N–H and O–H groups in total. The highest BCUT2D eigenvalue weighted by molar-refractivity contribution is 6.18. The number of carbonyl (C=O) groups excluding carboxylic acids is 1. The van der Waals surface area contributed by atoms with E-state index >= 15 is 0 Å². The number of hydrogen-bond acceptors (Lipinski definition) is 7. The van der Waals surface area contributed by atoms with Crippen LogP contribution in [0.4, 0.5) is 10.2 Å². The largest absolute Gasteiger partial charge is 0.394 e. The van der Waals surface area contributed by atoms with E-state index in [4.69, 9.17) is 0 Å². The summed E-state index contributed by atoms with van der Waals surface area (Å²) in [6.07, 6.45) is 7.45. The van der Waals surface area contributed by atoms with Crippen molar-refractivity contribution in [2.45, 2.75) is 38.1 Å². The predicted molar refractivity (Wildman–Crippen MR) is 121 cm³/mol. The number of aliphatic hydroxyl groups is 1. The Hall–Kier alpha value is -3.72.